The molecule has 14 heavy (non-hydrogen) atoms. The van der Waals surface area contributed by atoms with Gasteiger partial charge in [0.1, 0.15) is 5.82 Å². The third-order valence-electron chi connectivity index (χ3n) is 1.96. The maximum Gasteiger partial charge on any atom is 0.305 e. The van der Waals surface area contributed by atoms with E-state index in [0.29, 0.717) is 13.0 Å². The summed E-state index contributed by atoms with van der Waals surface area (Å²) in [6.45, 7) is 2.32. The molecule has 1 aromatic rings. The first-order valence-electron chi connectivity index (χ1n) is 4.48. The van der Waals surface area contributed by atoms with Gasteiger partial charge < -0.3 is 14.8 Å². The van der Waals surface area contributed by atoms with Crippen LogP contribution >= 0.6 is 0 Å². The Hall–Kier alpha value is -1.36. The molecule has 1 rings (SSSR count). The summed E-state index contributed by atoms with van der Waals surface area (Å²) in [5.41, 5.74) is 0.801. The van der Waals surface area contributed by atoms with Gasteiger partial charge in [-0.1, -0.05) is 0 Å². The van der Waals surface area contributed by atoms with E-state index in [4.69, 9.17) is 10.2 Å². The van der Waals surface area contributed by atoms with Crippen molar-refractivity contribution in [1.29, 1.82) is 0 Å². The predicted molar refractivity (Wildman–Crippen MR) is 50.0 cm³/mol. The SMILES string of the molecule is Cc1nc(CCO)cn1CCC(=O)O. The number of aryl methyl sites for hydroxylation is 2. The molecule has 0 aromatic carbocycles. The van der Waals surface area contributed by atoms with Crippen LogP contribution < -0.4 is 0 Å². The summed E-state index contributed by atoms with van der Waals surface area (Å²) in [4.78, 5) is 14.5. The number of imidazole rings is 1. The maximum atomic E-state index is 10.3. The lowest BCUT2D eigenvalue weighted by Crippen LogP contribution is -2.04. The fourth-order valence-electron chi connectivity index (χ4n) is 1.25. The third-order valence-corrected chi connectivity index (χ3v) is 1.96. The second-order valence-corrected chi connectivity index (χ2v) is 3.09. The van der Waals surface area contributed by atoms with Gasteiger partial charge in [-0.2, -0.15) is 0 Å². The summed E-state index contributed by atoms with van der Waals surface area (Å²) in [7, 11) is 0. The Morgan fingerprint density at radius 2 is 2.36 bits per heavy atom. The molecule has 0 unspecified atom stereocenters. The van der Waals surface area contributed by atoms with E-state index in [1.165, 1.54) is 0 Å². The van der Waals surface area contributed by atoms with Crippen molar-refractivity contribution in [3.05, 3.63) is 17.7 Å². The minimum atomic E-state index is -0.818. The standard InChI is InChI=1S/C9H14N2O3/c1-7-10-8(3-5-12)6-11(7)4-2-9(13)14/h6,12H,2-5H2,1H3,(H,13,14). The zero-order valence-corrected chi connectivity index (χ0v) is 8.10. The number of aliphatic carboxylic acids is 1. The van der Waals surface area contributed by atoms with E-state index in [9.17, 15) is 4.79 Å². The number of rotatable bonds is 5. The van der Waals surface area contributed by atoms with Crippen LogP contribution in [-0.4, -0.2) is 32.3 Å². The van der Waals surface area contributed by atoms with Crippen molar-refractivity contribution in [2.45, 2.75) is 26.3 Å². The molecule has 0 fully saturated rings. The van der Waals surface area contributed by atoms with Gasteiger partial charge in [0.05, 0.1) is 12.1 Å². The number of nitrogens with zero attached hydrogens (tertiary/aromatic N) is 2. The molecule has 5 nitrogen and oxygen atoms in total. The van der Waals surface area contributed by atoms with Gasteiger partial charge in [-0.15, -0.1) is 0 Å². The number of hydrogen-bond donors (Lipinski definition) is 2. The zero-order valence-electron chi connectivity index (χ0n) is 8.10. The molecule has 0 aliphatic heterocycles. The average molecular weight is 198 g/mol. The molecule has 5 heteroatoms. The summed E-state index contributed by atoms with van der Waals surface area (Å²) in [5, 5.41) is 17.2. The smallest absolute Gasteiger partial charge is 0.305 e. The normalized spacial score (nSPS) is 10.4. The predicted octanol–water partition coefficient (Wildman–Crippen LogP) is 0.201. The van der Waals surface area contributed by atoms with Crippen LogP contribution in [-0.2, 0) is 17.8 Å². The van der Waals surface area contributed by atoms with Gasteiger partial charge in [-0.25, -0.2) is 4.98 Å². The van der Waals surface area contributed by atoms with E-state index < -0.39 is 5.97 Å². The van der Waals surface area contributed by atoms with Crippen LogP contribution in [0.3, 0.4) is 0 Å². The largest absolute Gasteiger partial charge is 0.481 e. The molecule has 1 heterocycles. The number of aliphatic hydroxyl groups excluding tert-OH is 1. The Kier molecular flexibility index (Phi) is 3.64. The number of aliphatic hydroxyl groups is 1. The van der Waals surface area contributed by atoms with Crippen molar-refractivity contribution < 1.29 is 15.0 Å². The van der Waals surface area contributed by atoms with Gasteiger partial charge in [0, 0.05) is 25.8 Å². The Morgan fingerprint density at radius 3 is 2.93 bits per heavy atom. The lowest BCUT2D eigenvalue weighted by atomic mass is 10.3. The highest BCUT2D eigenvalue weighted by atomic mass is 16.4. The number of carbonyl (C=O) groups is 1. The molecule has 0 aliphatic rings. The van der Waals surface area contributed by atoms with Crippen LogP contribution in [0.25, 0.3) is 0 Å². The van der Waals surface area contributed by atoms with Crippen molar-refractivity contribution in [2.24, 2.45) is 0 Å². The van der Waals surface area contributed by atoms with Crippen molar-refractivity contribution in [2.75, 3.05) is 6.61 Å². The number of aromatic nitrogens is 2. The van der Waals surface area contributed by atoms with Crippen LogP contribution in [0.15, 0.2) is 6.20 Å². The third kappa shape index (κ3) is 2.85. The Labute approximate surface area is 82.0 Å². The van der Waals surface area contributed by atoms with Crippen molar-refractivity contribution >= 4 is 5.97 Å². The average Bonchev–Trinajstić information content (AvgIpc) is 2.44. The van der Waals surface area contributed by atoms with Crippen molar-refractivity contribution in [3.8, 4) is 0 Å². The summed E-state index contributed by atoms with van der Waals surface area (Å²) >= 11 is 0. The number of carboxylic acids is 1. The minimum absolute atomic E-state index is 0.0649. The van der Waals surface area contributed by atoms with Crippen molar-refractivity contribution in [3.63, 3.8) is 0 Å². The van der Waals surface area contributed by atoms with Crippen LogP contribution in [0.4, 0.5) is 0 Å². The summed E-state index contributed by atoms with van der Waals surface area (Å²) in [6, 6.07) is 0. The minimum Gasteiger partial charge on any atom is -0.481 e. The van der Waals surface area contributed by atoms with E-state index in [1.54, 1.807) is 10.8 Å². The molecule has 0 saturated carbocycles. The van der Waals surface area contributed by atoms with Gasteiger partial charge in [-0.05, 0) is 6.92 Å². The lowest BCUT2D eigenvalue weighted by Gasteiger charge is -2.00. The molecule has 0 amide bonds. The second kappa shape index (κ2) is 4.76. The molecule has 78 valence electrons. The number of carboxylic acid groups (broad SMARTS) is 1. The topological polar surface area (TPSA) is 75.4 Å². The highest BCUT2D eigenvalue weighted by Gasteiger charge is 2.04. The van der Waals surface area contributed by atoms with Gasteiger partial charge in [0.25, 0.3) is 0 Å². The first-order valence-corrected chi connectivity index (χ1v) is 4.48. The molecule has 0 bridgehead atoms. The van der Waals surface area contributed by atoms with Crippen molar-refractivity contribution in [1.82, 2.24) is 9.55 Å². The van der Waals surface area contributed by atoms with Crippen LogP contribution in [0, 0.1) is 6.92 Å². The molecule has 0 atom stereocenters. The molecule has 0 spiro atoms. The summed E-state index contributed by atoms with van der Waals surface area (Å²) in [5.74, 6) is -0.0310. The molecule has 2 N–H and O–H groups in total. The van der Waals surface area contributed by atoms with E-state index in [-0.39, 0.29) is 13.0 Å². The van der Waals surface area contributed by atoms with Gasteiger partial charge in [0.2, 0.25) is 0 Å². The van der Waals surface area contributed by atoms with Crippen LogP contribution in [0.5, 0.6) is 0 Å². The van der Waals surface area contributed by atoms with Gasteiger partial charge in [-0.3, -0.25) is 4.79 Å². The molecular weight excluding hydrogens is 184 g/mol. The van der Waals surface area contributed by atoms with Gasteiger partial charge >= 0.3 is 5.97 Å². The maximum absolute atomic E-state index is 10.3. The highest BCUT2D eigenvalue weighted by Crippen LogP contribution is 2.04. The second-order valence-electron chi connectivity index (χ2n) is 3.09. The zero-order chi connectivity index (χ0) is 10.6. The van der Waals surface area contributed by atoms with E-state index >= 15 is 0 Å². The first-order chi connectivity index (χ1) is 6.63. The van der Waals surface area contributed by atoms with Crippen LogP contribution in [0.1, 0.15) is 17.9 Å². The fraction of sp³-hybridized carbons (Fsp3) is 0.556. The van der Waals surface area contributed by atoms with Crippen LogP contribution in [0.2, 0.25) is 0 Å². The Bertz CT molecular complexity index is 320. The molecule has 0 saturated heterocycles. The fourth-order valence-corrected chi connectivity index (χ4v) is 1.25. The summed E-state index contributed by atoms with van der Waals surface area (Å²) < 4.78 is 1.79. The Balaban J connectivity index is 2.62. The van der Waals surface area contributed by atoms with Gasteiger partial charge in [0.15, 0.2) is 0 Å². The Morgan fingerprint density at radius 1 is 1.64 bits per heavy atom. The molecule has 1 aromatic heterocycles. The first kappa shape index (κ1) is 10.7. The quantitative estimate of drug-likeness (QED) is 0.708. The molecule has 0 aliphatic carbocycles. The molecular formula is C9H14N2O3. The number of hydrogen-bond acceptors (Lipinski definition) is 3. The monoisotopic (exact) mass is 198 g/mol. The van der Waals surface area contributed by atoms with E-state index in [2.05, 4.69) is 4.98 Å². The van der Waals surface area contributed by atoms with E-state index in [0.717, 1.165) is 11.5 Å². The highest BCUT2D eigenvalue weighted by molar-refractivity contribution is 5.66. The van der Waals surface area contributed by atoms with E-state index in [1.807, 2.05) is 6.92 Å². The molecule has 0 radical (unpaired) electrons. The summed E-state index contributed by atoms with van der Waals surface area (Å²) in [6.07, 6.45) is 2.39. The lowest BCUT2D eigenvalue weighted by molar-refractivity contribution is -0.137.